The zero-order valence-corrected chi connectivity index (χ0v) is 10.1. The van der Waals surface area contributed by atoms with Crippen LogP contribution in [0.15, 0.2) is 12.1 Å². The molecule has 0 N–H and O–H groups in total. The Morgan fingerprint density at radius 1 is 1.18 bits per heavy atom. The number of aryl methyl sites for hydroxylation is 2. The van der Waals surface area contributed by atoms with Crippen LogP contribution in [0.4, 0.5) is 0 Å². The van der Waals surface area contributed by atoms with Crippen molar-refractivity contribution in [1.82, 2.24) is 4.90 Å². The van der Waals surface area contributed by atoms with Gasteiger partial charge >= 0.3 is 0 Å². The van der Waals surface area contributed by atoms with Crippen molar-refractivity contribution in [1.29, 1.82) is 0 Å². The van der Waals surface area contributed by atoms with Crippen LogP contribution in [0.5, 0.6) is 0 Å². The minimum absolute atomic E-state index is 0.0103. The van der Waals surface area contributed by atoms with Crippen LogP contribution < -0.4 is 0 Å². The summed E-state index contributed by atoms with van der Waals surface area (Å²) >= 11 is 0. The lowest BCUT2D eigenvalue weighted by Crippen LogP contribution is -2.35. The highest BCUT2D eigenvalue weighted by Crippen LogP contribution is 2.37. The predicted molar refractivity (Wildman–Crippen MR) is 63.7 cm³/mol. The molecule has 1 aromatic rings. The molecule has 0 radical (unpaired) electrons. The number of hydrogen-bond donors (Lipinski definition) is 0. The molecule has 1 saturated heterocycles. The third-order valence-corrected chi connectivity index (χ3v) is 3.93. The van der Waals surface area contributed by atoms with Crippen LogP contribution >= 0.6 is 0 Å². The van der Waals surface area contributed by atoms with Crippen molar-refractivity contribution < 1.29 is 9.59 Å². The average Bonchev–Trinajstić information content (AvgIpc) is 2.56. The number of ketones is 1. The molecule has 2 aliphatic heterocycles. The Morgan fingerprint density at radius 2 is 1.88 bits per heavy atom. The molecule has 1 atom stereocenters. The van der Waals surface area contributed by atoms with Gasteiger partial charge in [0.1, 0.15) is 6.04 Å². The summed E-state index contributed by atoms with van der Waals surface area (Å²) in [6.07, 6.45) is 0.947. The Balaban J connectivity index is 2.15. The van der Waals surface area contributed by atoms with E-state index in [0.29, 0.717) is 6.54 Å². The van der Waals surface area contributed by atoms with Crippen molar-refractivity contribution in [3.8, 4) is 0 Å². The van der Waals surface area contributed by atoms with E-state index in [1.54, 1.807) is 4.90 Å². The summed E-state index contributed by atoms with van der Waals surface area (Å²) in [5.41, 5.74) is 4.74. The van der Waals surface area contributed by atoms with Gasteiger partial charge in [0.2, 0.25) is 5.91 Å². The second-order valence-corrected chi connectivity index (χ2v) is 5.02. The standard InChI is InChI=1S/C14H15NO2/c1-8-5-10-3-4-15-13(17)7-12(16)14(15)11(10)6-9(8)2/h5-6,14H,3-4,7H2,1-2H3. The van der Waals surface area contributed by atoms with Crippen LogP contribution in [-0.4, -0.2) is 23.1 Å². The van der Waals surface area contributed by atoms with Gasteiger partial charge < -0.3 is 4.90 Å². The van der Waals surface area contributed by atoms with Crippen molar-refractivity contribution in [3.05, 3.63) is 34.4 Å². The zero-order chi connectivity index (χ0) is 12.2. The van der Waals surface area contributed by atoms with Crippen LogP contribution in [0.3, 0.4) is 0 Å². The molecule has 88 valence electrons. The molecule has 1 amide bonds. The molecule has 0 bridgehead atoms. The molecule has 1 aromatic carbocycles. The Kier molecular flexibility index (Phi) is 2.12. The van der Waals surface area contributed by atoms with Crippen molar-refractivity contribution >= 4 is 11.7 Å². The van der Waals surface area contributed by atoms with Gasteiger partial charge in [0, 0.05) is 6.54 Å². The number of Topliss-reactive ketones (excluding diaryl/α,β-unsaturated/α-hetero) is 1. The Labute approximate surface area is 100 Å². The van der Waals surface area contributed by atoms with Crippen LogP contribution in [0, 0.1) is 13.8 Å². The van der Waals surface area contributed by atoms with Crippen molar-refractivity contribution in [2.45, 2.75) is 32.7 Å². The number of hydrogen-bond acceptors (Lipinski definition) is 2. The Bertz CT molecular complexity index is 533. The van der Waals surface area contributed by atoms with Gasteiger partial charge in [0.15, 0.2) is 5.78 Å². The fourth-order valence-electron chi connectivity index (χ4n) is 2.87. The summed E-state index contributed by atoms with van der Waals surface area (Å²) in [6.45, 7) is 4.82. The molecule has 2 heterocycles. The molecule has 0 saturated carbocycles. The molecule has 17 heavy (non-hydrogen) atoms. The van der Waals surface area contributed by atoms with E-state index in [2.05, 4.69) is 26.0 Å². The number of benzene rings is 1. The SMILES string of the molecule is Cc1cc2c(cc1C)C1C(=O)CC(=O)N1CC2. The maximum absolute atomic E-state index is 11.9. The molecule has 2 aliphatic rings. The van der Waals surface area contributed by atoms with E-state index in [9.17, 15) is 9.59 Å². The first-order valence-electron chi connectivity index (χ1n) is 6.00. The van der Waals surface area contributed by atoms with Crippen LogP contribution in [-0.2, 0) is 16.0 Å². The number of amides is 1. The molecule has 0 aliphatic carbocycles. The van der Waals surface area contributed by atoms with Gasteiger partial charge in [-0.2, -0.15) is 0 Å². The summed E-state index contributed by atoms with van der Waals surface area (Å²) in [5, 5.41) is 0. The van der Waals surface area contributed by atoms with E-state index in [1.807, 2.05) is 0 Å². The van der Waals surface area contributed by atoms with E-state index in [4.69, 9.17) is 0 Å². The second-order valence-electron chi connectivity index (χ2n) is 5.02. The fraction of sp³-hybridized carbons (Fsp3) is 0.429. The first-order valence-corrected chi connectivity index (χ1v) is 6.00. The summed E-state index contributed by atoms with van der Waals surface area (Å²) in [4.78, 5) is 25.3. The maximum atomic E-state index is 11.9. The molecule has 3 heteroatoms. The molecule has 0 aromatic heterocycles. The summed E-state index contributed by atoms with van der Waals surface area (Å²) in [5.74, 6) is 0.0445. The van der Waals surface area contributed by atoms with Gasteiger partial charge in [-0.15, -0.1) is 0 Å². The van der Waals surface area contributed by atoms with Gasteiger partial charge in [-0.05, 0) is 42.5 Å². The Hall–Kier alpha value is -1.64. The quantitative estimate of drug-likeness (QED) is 0.635. The average molecular weight is 229 g/mol. The third-order valence-electron chi connectivity index (χ3n) is 3.93. The number of rotatable bonds is 0. The summed E-state index contributed by atoms with van der Waals surface area (Å²) < 4.78 is 0. The van der Waals surface area contributed by atoms with Crippen molar-refractivity contribution in [2.24, 2.45) is 0 Å². The highest BCUT2D eigenvalue weighted by Gasteiger charge is 2.42. The molecule has 3 rings (SSSR count). The lowest BCUT2D eigenvalue weighted by molar-refractivity contribution is -0.129. The van der Waals surface area contributed by atoms with Crippen molar-refractivity contribution in [3.63, 3.8) is 0 Å². The fourth-order valence-corrected chi connectivity index (χ4v) is 2.87. The molecule has 3 nitrogen and oxygen atoms in total. The maximum Gasteiger partial charge on any atom is 0.231 e. The van der Waals surface area contributed by atoms with Crippen LogP contribution in [0.25, 0.3) is 0 Å². The third kappa shape index (κ3) is 1.42. The first-order chi connectivity index (χ1) is 8.08. The van der Waals surface area contributed by atoms with Gasteiger partial charge in [0.05, 0.1) is 6.42 Å². The second kappa shape index (κ2) is 3.42. The van der Waals surface area contributed by atoms with E-state index < -0.39 is 0 Å². The lowest BCUT2D eigenvalue weighted by Gasteiger charge is -2.31. The van der Waals surface area contributed by atoms with Gasteiger partial charge in [-0.1, -0.05) is 12.1 Å². The highest BCUT2D eigenvalue weighted by molar-refractivity contribution is 6.08. The predicted octanol–water partition coefficient (Wildman–Crippen LogP) is 1.70. The number of carbonyl (C=O) groups excluding carboxylic acids is 2. The van der Waals surface area contributed by atoms with Crippen LogP contribution in [0.2, 0.25) is 0 Å². The molecule has 0 spiro atoms. The molecule has 1 unspecified atom stereocenters. The van der Waals surface area contributed by atoms with Crippen LogP contribution in [0.1, 0.15) is 34.7 Å². The minimum atomic E-state index is -0.300. The summed E-state index contributed by atoms with van der Waals surface area (Å²) in [7, 11) is 0. The first kappa shape index (κ1) is 10.5. The number of fused-ring (bicyclic) bond motifs is 3. The van der Waals surface area contributed by atoms with E-state index in [1.165, 1.54) is 16.7 Å². The smallest absolute Gasteiger partial charge is 0.231 e. The van der Waals surface area contributed by atoms with E-state index in [0.717, 1.165) is 12.0 Å². The topological polar surface area (TPSA) is 37.4 Å². The Morgan fingerprint density at radius 3 is 2.65 bits per heavy atom. The van der Waals surface area contributed by atoms with Gasteiger partial charge in [-0.25, -0.2) is 0 Å². The lowest BCUT2D eigenvalue weighted by atomic mass is 9.89. The zero-order valence-electron chi connectivity index (χ0n) is 10.1. The normalized spacial score (nSPS) is 22.7. The summed E-state index contributed by atoms with van der Waals surface area (Å²) in [6, 6.07) is 3.95. The van der Waals surface area contributed by atoms with Gasteiger partial charge in [0.25, 0.3) is 0 Å². The van der Waals surface area contributed by atoms with Gasteiger partial charge in [-0.3, -0.25) is 9.59 Å². The van der Waals surface area contributed by atoms with Crippen molar-refractivity contribution in [2.75, 3.05) is 6.54 Å². The molecular weight excluding hydrogens is 214 g/mol. The highest BCUT2D eigenvalue weighted by atomic mass is 16.2. The molecular formula is C14H15NO2. The number of carbonyl (C=O) groups is 2. The molecule has 1 fully saturated rings. The minimum Gasteiger partial charge on any atom is -0.328 e. The monoisotopic (exact) mass is 229 g/mol. The number of nitrogens with zero attached hydrogens (tertiary/aromatic N) is 1. The van der Waals surface area contributed by atoms with E-state index in [-0.39, 0.29) is 24.2 Å². The van der Waals surface area contributed by atoms with E-state index >= 15 is 0 Å². The largest absolute Gasteiger partial charge is 0.328 e.